The molecule has 0 saturated carbocycles. The van der Waals surface area contributed by atoms with Crippen LogP contribution in [0, 0.1) is 0 Å². The van der Waals surface area contributed by atoms with E-state index in [0.29, 0.717) is 0 Å². The normalized spacial score (nSPS) is 11.2. The van der Waals surface area contributed by atoms with Gasteiger partial charge in [0.1, 0.15) is 5.25 Å². The Hall–Kier alpha value is -3.58. The zero-order chi connectivity index (χ0) is 21.9. The van der Waals surface area contributed by atoms with Crippen LogP contribution in [-0.4, -0.2) is 24.5 Å². The van der Waals surface area contributed by atoms with Crippen LogP contribution >= 0.6 is 11.8 Å². The van der Waals surface area contributed by atoms with E-state index in [2.05, 4.69) is 10.6 Å². The molecule has 0 bridgehead atoms. The highest BCUT2D eigenvalue weighted by Crippen LogP contribution is 2.36. The van der Waals surface area contributed by atoms with E-state index in [1.54, 1.807) is 0 Å². The molecule has 2 N–H and O–H groups in total. The van der Waals surface area contributed by atoms with Crippen LogP contribution in [0.15, 0.2) is 95.9 Å². The smallest absolute Gasteiger partial charge is 0.324 e. The van der Waals surface area contributed by atoms with Crippen molar-refractivity contribution in [1.82, 2.24) is 10.6 Å². The van der Waals surface area contributed by atoms with Gasteiger partial charge in [-0.3, -0.25) is 14.9 Å². The number of nitrogens with one attached hydrogen (secondary N) is 2. The fourth-order valence-electron chi connectivity index (χ4n) is 2.71. The highest BCUT2D eigenvalue weighted by molar-refractivity contribution is 8.00. The van der Waals surface area contributed by atoms with Crippen LogP contribution in [0.1, 0.15) is 16.4 Å². The molecule has 0 radical (unpaired) electrons. The zero-order valence-electron chi connectivity index (χ0n) is 16.7. The molecule has 3 rings (SSSR count). The predicted molar refractivity (Wildman–Crippen MR) is 119 cm³/mol. The summed E-state index contributed by atoms with van der Waals surface area (Å²) in [6.07, 6.45) is 0. The summed E-state index contributed by atoms with van der Waals surface area (Å²) in [7, 11) is 0. The Labute approximate surface area is 185 Å². The Morgan fingerprint density at radius 2 is 1.39 bits per heavy atom. The number of benzene rings is 3. The molecule has 3 aromatic carbocycles. The molecule has 7 heteroatoms. The molecule has 1 atom stereocenters. The number of carbonyl (C=O) groups is 3. The van der Waals surface area contributed by atoms with E-state index in [0.717, 1.165) is 16.0 Å². The van der Waals surface area contributed by atoms with Gasteiger partial charge >= 0.3 is 12.0 Å². The summed E-state index contributed by atoms with van der Waals surface area (Å²) in [6.45, 7) is -0.264. The SMILES string of the molecule is O=C(COC(=O)[C@H](Sc1ccccc1)c1ccccc1)NC(=O)NCc1ccccc1. The van der Waals surface area contributed by atoms with Crippen molar-refractivity contribution in [3.05, 3.63) is 102 Å². The molecule has 0 aliphatic heterocycles. The molecular weight excluding hydrogens is 412 g/mol. The van der Waals surface area contributed by atoms with Gasteiger partial charge in [0.15, 0.2) is 6.61 Å². The minimum Gasteiger partial charge on any atom is -0.454 e. The third-order valence-electron chi connectivity index (χ3n) is 4.21. The summed E-state index contributed by atoms with van der Waals surface area (Å²) in [4.78, 5) is 37.5. The minimum atomic E-state index is -0.699. The molecule has 0 aliphatic carbocycles. The van der Waals surface area contributed by atoms with E-state index in [9.17, 15) is 14.4 Å². The lowest BCUT2D eigenvalue weighted by molar-refractivity contribution is -0.147. The monoisotopic (exact) mass is 434 g/mol. The van der Waals surface area contributed by atoms with Gasteiger partial charge in [0.25, 0.3) is 5.91 Å². The number of imide groups is 1. The third-order valence-corrected chi connectivity index (χ3v) is 5.45. The molecule has 3 amide bonds. The Kier molecular flexibility index (Phi) is 8.25. The standard InChI is InChI=1S/C24H22N2O4S/c27-21(26-24(29)25-16-18-10-4-1-5-11-18)17-30-23(28)22(19-12-6-2-7-13-19)31-20-14-8-3-9-15-20/h1-15,22H,16-17H2,(H2,25,26,27,29)/t22-/m1/s1. The number of thioether (sulfide) groups is 1. The summed E-state index contributed by atoms with van der Waals surface area (Å²) in [5.41, 5.74) is 1.67. The van der Waals surface area contributed by atoms with E-state index in [1.165, 1.54) is 11.8 Å². The highest BCUT2D eigenvalue weighted by Gasteiger charge is 2.24. The van der Waals surface area contributed by atoms with Gasteiger partial charge in [0.05, 0.1) is 0 Å². The first-order valence-electron chi connectivity index (χ1n) is 9.67. The van der Waals surface area contributed by atoms with Gasteiger partial charge in [0, 0.05) is 11.4 Å². The maximum Gasteiger partial charge on any atom is 0.324 e. The molecule has 0 saturated heterocycles. The number of urea groups is 1. The topological polar surface area (TPSA) is 84.5 Å². The fraction of sp³-hybridized carbons (Fsp3) is 0.125. The maximum atomic E-state index is 12.7. The van der Waals surface area contributed by atoms with E-state index >= 15 is 0 Å². The van der Waals surface area contributed by atoms with Crippen molar-refractivity contribution in [3.8, 4) is 0 Å². The Morgan fingerprint density at radius 3 is 2.03 bits per heavy atom. The van der Waals surface area contributed by atoms with Gasteiger partial charge in [-0.1, -0.05) is 78.9 Å². The number of carbonyl (C=O) groups excluding carboxylic acids is 3. The average molecular weight is 435 g/mol. The number of hydrogen-bond donors (Lipinski definition) is 2. The van der Waals surface area contributed by atoms with Crippen molar-refractivity contribution in [2.75, 3.05) is 6.61 Å². The molecule has 0 aromatic heterocycles. The van der Waals surface area contributed by atoms with Gasteiger partial charge in [-0.15, -0.1) is 11.8 Å². The second-order valence-corrected chi connectivity index (χ2v) is 7.72. The summed E-state index contributed by atoms with van der Waals surface area (Å²) >= 11 is 1.34. The van der Waals surface area contributed by atoms with E-state index in [1.807, 2.05) is 91.0 Å². The molecular formula is C24H22N2O4S. The van der Waals surface area contributed by atoms with Crippen LogP contribution in [0.3, 0.4) is 0 Å². The van der Waals surface area contributed by atoms with Gasteiger partial charge in [-0.25, -0.2) is 4.79 Å². The van der Waals surface area contributed by atoms with Gasteiger partial charge in [-0.2, -0.15) is 0 Å². The van der Waals surface area contributed by atoms with Gasteiger partial charge in [-0.05, 0) is 23.3 Å². The molecule has 0 unspecified atom stereocenters. The minimum absolute atomic E-state index is 0.281. The Balaban J connectivity index is 1.52. The highest BCUT2D eigenvalue weighted by atomic mass is 32.2. The molecule has 158 valence electrons. The first-order chi connectivity index (χ1) is 15.1. The summed E-state index contributed by atoms with van der Waals surface area (Å²) < 4.78 is 5.20. The molecule has 31 heavy (non-hydrogen) atoms. The lowest BCUT2D eigenvalue weighted by Gasteiger charge is -2.16. The van der Waals surface area contributed by atoms with Crippen molar-refractivity contribution < 1.29 is 19.1 Å². The summed E-state index contributed by atoms with van der Waals surface area (Å²) in [5, 5.41) is 4.11. The van der Waals surface area contributed by atoms with Gasteiger partial charge in [0.2, 0.25) is 0 Å². The number of esters is 1. The van der Waals surface area contributed by atoms with E-state index in [-0.39, 0.29) is 6.54 Å². The molecule has 0 spiro atoms. The van der Waals surface area contributed by atoms with Crippen molar-refractivity contribution >= 4 is 29.7 Å². The zero-order valence-corrected chi connectivity index (χ0v) is 17.5. The van der Waals surface area contributed by atoms with Crippen LogP contribution in [0.5, 0.6) is 0 Å². The van der Waals surface area contributed by atoms with E-state index < -0.39 is 29.8 Å². The molecule has 3 aromatic rings. The Bertz CT molecular complexity index is 998. The number of rotatable bonds is 8. The number of amides is 3. The molecule has 0 heterocycles. The summed E-state index contributed by atoms with van der Waals surface area (Å²) in [5.74, 6) is -1.25. The van der Waals surface area contributed by atoms with Crippen molar-refractivity contribution in [1.29, 1.82) is 0 Å². The second kappa shape index (κ2) is 11.6. The van der Waals surface area contributed by atoms with Crippen LogP contribution in [0.2, 0.25) is 0 Å². The van der Waals surface area contributed by atoms with Crippen LogP contribution in [0.25, 0.3) is 0 Å². The van der Waals surface area contributed by atoms with Crippen LogP contribution < -0.4 is 10.6 Å². The van der Waals surface area contributed by atoms with Gasteiger partial charge < -0.3 is 10.1 Å². The molecule has 0 fully saturated rings. The van der Waals surface area contributed by atoms with Crippen LogP contribution in [-0.2, 0) is 20.9 Å². The van der Waals surface area contributed by atoms with Crippen LogP contribution in [0.4, 0.5) is 4.79 Å². The predicted octanol–water partition coefficient (Wildman–Crippen LogP) is 4.09. The molecule has 0 aliphatic rings. The molecule has 6 nitrogen and oxygen atoms in total. The number of ether oxygens (including phenoxy) is 1. The first kappa shape index (κ1) is 22.1. The summed E-state index contributed by atoms with van der Waals surface area (Å²) in [6, 6.07) is 27.3. The Morgan fingerprint density at radius 1 is 0.806 bits per heavy atom. The maximum absolute atomic E-state index is 12.7. The first-order valence-corrected chi connectivity index (χ1v) is 10.5. The van der Waals surface area contributed by atoms with Crippen molar-refractivity contribution in [3.63, 3.8) is 0 Å². The lowest BCUT2D eigenvalue weighted by Crippen LogP contribution is -2.41. The third kappa shape index (κ3) is 7.31. The lowest BCUT2D eigenvalue weighted by atomic mass is 10.1. The van der Waals surface area contributed by atoms with Crippen molar-refractivity contribution in [2.24, 2.45) is 0 Å². The van der Waals surface area contributed by atoms with Crippen molar-refractivity contribution in [2.45, 2.75) is 16.7 Å². The fourth-order valence-corrected chi connectivity index (χ4v) is 3.76. The van der Waals surface area contributed by atoms with E-state index in [4.69, 9.17) is 4.74 Å². The largest absolute Gasteiger partial charge is 0.454 e. The average Bonchev–Trinajstić information content (AvgIpc) is 2.81. The second-order valence-electron chi connectivity index (χ2n) is 6.55. The number of hydrogen-bond acceptors (Lipinski definition) is 5. The quantitative estimate of drug-likeness (QED) is 0.412.